The highest BCUT2D eigenvalue weighted by molar-refractivity contribution is 5.96. The van der Waals surface area contributed by atoms with Gasteiger partial charge in [0.2, 0.25) is 11.8 Å². The number of unbranched alkanes of at least 4 members (excludes halogenated alkanes) is 5. The van der Waals surface area contributed by atoms with E-state index in [1.165, 1.54) is 0 Å². The zero-order valence-electron chi connectivity index (χ0n) is 23.1. The summed E-state index contributed by atoms with van der Waals surface area (Å²) in [4.78, 5) is 24.4. The first-order valence-corrected chi connectivity index (χ1v) is 14.0. The minimum atomic E-state index is -0.309. The Morgan fingerprint density at radius 3 is 1.40 bits per heavy atom. The van der Waals surface area contributed by atoms with Crippen molar-refractivity contribution in [3.05, 3.63) is 48.5 Å². The predicted molar refractivity (Wildman–Crippen MR) is 155 cm³/mol. The molecule has 0 saturated heterocycles. The first kappa shape index (κ1) is 28.7. The maximum atomic E-state index is 12.2. The lowest BCUT2D eigenvalue weighted by atomic mass is 10.1. The number of carbonyl (C=O) groups excluding carboxylic acids is 2. The van der Waals surface area contributed by atoms with Gasteiger partial charge in [0.15, 0.2) is 11.4 Å². The lowest BCUT2D eigenvalue weighted by Gasteiger charge is -2.01. The molecule has 2 aromatic carbocycles. The molecule has 4 rings (SSSR count). The topological polar surface area (TPSA) is 134 Å². The fourth-order valence-corrected chi connectivity index (χ4v) is 4.95. The van der Waals surface area contributed by atoms with Gasteiger partial charge in [0, 0.05) is 36.7 Å². The highest BCUT2D eigenvalue weighted by Crippen LogP contribution is 2.39. The lowest BCUT2D eigenvalue weighted by molar-refractivity contribution is -0.119. The number of aromatic nitrogens is 2. The molecule has 0 fully saturated rings. The van der Waals surface area contributed by atoms with Crippen molar-refractivity contribution >= 4 is 45.0 Å². The SMILES string of the molecule is CCn1c(O)c(N=NC(=O)CCCCCCCCC(=O)N=Nc2c(O)n(CC)c3ccccc23)c2ccccc21. The van der Waals surface area contributed by atoms with E-state index in [1.807, 2.05) is 62.4 Å². The van der Waals surface area contributed by atoms with E-state index < -0.39 is 0 Å². The number of aryl methyl sites for hydroxylation is 2. The summed E-state index contributed by atoms with van der Waals surface area (Å²) < 4.78 is 3.48. The van der Waals surface area contributed by atoms with Crippen molar-refractivity contribution in [3.8, 4) is 11.8 Å². The summed E-state index contributed by atoms with van der Waals surface area (Å²) >= 11 is 0. The zero-order valence-corrected chi connectivity index (χ0v) is 23.1. The van der Waals surface area contributed by atoms with E-state index in [2.05, 4.69) is 20.5 Å². The molecule has 0 bridgehead atoms. The molecule has 0 aliphatic carbocycles. The van der Waals surface area contributed by atoms with Gasteiger partial charge in [-0.05, 0) is 38.8 Å². The van der Waals surface area contributed by atoms with Gasteiger partial charge in [-0.2, -0.15) is 0 Å². The van der Waals surface area contributed by atoms with Gasteiger partial charge in [-0.1, -0.05) is 62.1 Å². The molecule has 40 heavy (non-hydrogen) atoms. The van der Waals surface area contributed by atoms with Crippen LogP contribution in [-0.4, -0.2) is 31.2 Å². The molecule has 4 aromatic rings. The van der Waals surface area contributed by atoms with Crippen molar-refractivity contribution in [2.24, 2.45) is 20.5 Å². The maximum absolute atomic E-state index is 12.2. The summed E-state index contributed by atoms with van der Waals surface area (Å²) in [7, 11) is 0. The Bertz CT molecular complexity index is 1430. The van der Waals surface area contributed by atoms with Crippen LogP contribution in [0.3, 0.4) is 0 Å². The molecule has 0 aliphatic rings. The van der Waals surface area contributed by atoms with Crippen LogP contribution in [0.25, 0.3) is 21.8 Å². The molecule has 10 heteroatoms. The van der Waals surface area contributed by atoms with E-state index in [4.69, 9.17) is 0 Å². The largest absolute Gasteiger partial charge is 0.493 e. The summed E-state index contributed by atoms with van der Waals surface area (Å²) in [5.74, 6) is -0.585. The van der Waals surface area contributed by atoms with Gasteiger partial charge in [0.25, 0.3) is 11.8 Å². The number of rotatable bonds is 13. The number of carbonyl (C=O) groups is 2. The van der Waals surface area contributed by atoms with Gasteiger partial charge < -0.3 is 19.3 Å². The highest BCUT2D eigenvalue weighted by atomic mass is 16.3. The molecule has 0 aliphatic heterocycles. The monoisotopic (exact) mass is 544 g/mol. The molecule has 0 unspecified atom stereocenters. The standard InChI is InChI=1S/C30H36N6O4/c1-3-35-23-17-13-11-15-21(23)27(29(35)39)33-31-25(37)19-9-7-5-6-8-10-20-26(38)32-34-28-22-16-12-14-18-24(22)36(4-2)30(28)40/h11-18,39-40H,3-10,19-20H2,1-2H3. The molecule has 0 atom stereocenters. The molecule has 210 valence electrons. The second-order valence-electron chi connectivity index (χ2n) is 9.68. The predicted octanol–water partition coefficient (Wildman–Crippen LogP) is 8.09. The van der Waals surface area contributed by atoms with Crippen LogP contribution in [-0.2, 0) is 22.7 Å². The fraction of sp³-hybridized carbons (Fsp3) is 0.400. The van der Waals surface area contributed by atoms with Gasteiger partial charge in [0.05, 0.1) is 11.0 Å². The van der Waals surface area contributed by atoms with Gasteiger partial charge >= 0.3 is 0 Å². The van der Waals surface area contributed by atoms with Gasteiger partial charge in [-0.3, -0.25) is 9.59 Å². The quantitative estimate of drug-likeness (QED) is 0.130. The van der Waals surface area contributed by atoms with Crippen molar-refractivity contribution in [1.29, 1.82) is 0 Å². The number of aromatic hydroxyl groups is 2. The number of amides is 2. The molecule has 2 N–H and O–H groups in total. The first-order chi connectivity index (χ1) is 19.5. The highest BCUT2D eigenvalue weighted by Gasteiger charge is 2.16. The number of fused-ring (bicyclic) bond motifs is 2. The Morgan fingerprint density at radius 1 is 0.625 bits per heavy atom. The van der Waals surface area contributed by atoms with Crippen LogP contribution in [0, 0.1) is 0 Å². The second kappa shape index (κ2) is 13.6. The maximum Gasteiger partial charge on any atom is 0.264 e. The smallest absolute Gasteiger partial charge is 0.264 e. The van der Waals surface area contributed by atoms with Crippen LogP contribution in [0.4, 0.5) is 11.4 Å². The van der Waals surface area contributed by atoms with E-state index in [-0.39, 0.29) is 23.6 Å². The first-order valence-electron chi connectivity index (χ1n) is 14.0. The van der Waals surface area contributed by atoms with Crippen molar-refractivity contribution in [2.45, 2.75) is 78.3 Å². The van der Waals surface area contributed by atoms with Crippen molar-refractivity contribution < 1.29 is 19.8 Å². The summed E-state index contributed by atoms with van der Waals surface area (Å²) in [5, 5.41) is 38.2. The number of nitrogens with zero attached hydrogens (tertiary/aromatic N) is 6. The van der Waals surface area contributed by atoms with Crippen LogP contribution in [0.5, 0.6) is 11.8 Å². The summed E-state index contributed by atoms with van der Waals surface area (Å²) in [5.41, 5.74) is 2.36. The molecule has 2 amide bonds. The molecule has 0 spiro atoms. The Labute approximate surface area is 233 Å². The number of hydrogen-bond acceptors (Lipinski definition) is 6. The van der Waals surface area contributed by atoms with Crippen LogP contribution < -0.4 is 0 Å². The Balaban J connectivity index is 1.14. The molecule has 2 aromatic heterocycles. The van der Waals surface area contributed by atoms with E-state index in [9.17, 15) is 19.8 Å². The van der Waals surface area contributed by atoms with Crippen molar-refractivity contribution in [2.75, 3.05) is 0 Å². The third-order valence-corrected chi connectivity index (χ3v) is 7.02. The van der Waals surface area contributed by atoms with E-state index in [1.54, 1.807) is 9.13 Å². The molecule has 2 heterocycles. The molecule has 0 saturated carbocycles. The molecule has 0 radical (unpaired) electrons. The van der Waals surface area contributed by atoms with Crippen LogP contribution in [0.15, 0.2) is 69.0 Å². The third kappa shape index (κ3) is 6.44. The van der Waals surface area contributed by atoms with Crippen molar-refractivity contribution in [1.82, 2.24) is 9.13 Å². The Hall–Kier alpha value is -4.34. The minimum Gasteiger partial charge on any atom is -0.493 e. The zero-order chi connectivity index (χ0) is 28.5. The number of azo groups is 2. The Morgan fingerprint density at radius 2 is 1.00 bits per heavy atom. The summed E-state index contributed by atoms with van der Waals surface area (Å²) in [6.07, 6.45) is 5.70. The number of benzene rings is 2. The fourth-order valence-electron chi connectivity index (χ4n) is 4.95. The van der Waals surface area contributed by atoms with E-state index in [0.29, 0.717) is 50.1 Å². The second-order valence-corrected chi connectivity index (χ2v) is 9.68. The normalized spacial score (nSPS) is 11.9. The van der Waals surface area contributed by atoms with Crippen molar-refractivity contribution in [3.63, 3.8) is 0 Å². The van der Waals surface area contributed by atoms with E-state index >= 15 is 0 Å². The Kier molecular flexibility index (Phi) is 9.77. The molecular weight excluding hydrogens is 508 g/mol. The molecular formula is C30H36N6O4. The molecule has 10 nitrogen and oxygen atoms in total. The van der Waals surface area contributed by atoms with Crippen LogP contribution >= 0.6 is 0 Å². The van der Waals surface area contributed by atoms with Gasteiger partial charge in [0.1, 0.15) is 0 Å². The number of para-hydroxylation sites is 2. The minimum absolute atomic E-state index is 0.0162. The summed E-state index contributed by atoms with van der Waals surface area (Å²) in [6, 6.07) is 15.0. The van der Waals surface area contributed by atoms with Crippen LogP contribution in [0.1, 0.15) is 65.2 Å². The van der Waals surface area contributed by atoms with Gasteiger partial charge in [-0.25, -0.2) is 0 Å². The third-order valence-electron chi connectivity index (χ3n) is 7.02. The lowest BCUT2D eigenvalue weighted by Crippen LogP contribution is -1.93. The average Bonchev–Trinajstić information content (AvgIpc) is 3.40. The summed E-state index contributed by atoms with van der Waals surface area (Å²) in [6.45, 7) is 5.04. The van der Waals surface area contributed by atoms with Gasteiger partial charge in [-0.15, -0.1) is 20.5 Å². The van der Waals surface area contributed by atoms with E-state index in [0.717, 1.165) is 47.5 Å². The average molecular weight is 545 g/mol. The number of hydrogen-bond donors (Lipinski definition) is 2. The van der Waals surface area contributed by atoms with Crippen LogP contribution in [0.2, 0.25) is 0 Å².